The van der Waals surface area contributed by atoms with E-state index in [1.54, 1.807) is 11.1 Å². The van der Waals surface area contributed by atoms with Crippen LogP contribution in [-0.4, -0.2) is 0 Å². The summed E-state index contributed by atoms with van der Waals surface area (Å²) in [6.07, 6.45) is 30.0. The molecule has 27 heavy (non-hydrogen) atoms. The minimum Gasteiger partial charge on any atom is -0.0754 e. The third-order valence-electron chi connectivity index (χ3n) is 6.63. The summed E-state index contributed by atoms with van der Waals surface area (Å²) >= 11 is 0. The van der Waals surface area contributed by atoms with Crippen LogP contribution in [0.1, 0.15) is 138 Å². The Kier molecular flexibility index (Phi) is 8.98. The van der Waals surface area contributed by atoms with Gasteiger partial charge in [-0.25, -0.2) is 0 Å². The minimum atomic E-state index is 0.798. The zero-order chi connectivity index (χ0) is 18.7. The lowest BCUT2D eigenvalue weighted by Crippen LogP contribution is -1.84. The van der Waals surface area contributed by atoms with Gasteiger partial charge < -0.3 is 0 Å². The molecule has 0 fully saturated rings. The molecular weight excluding hydrogens is 324 g/mol. The molecule has 1 aromatic rings. The van der Waals surface area contributed by atoms with Crippen molar-refractivity contribution < 1.29 is 0 Å². The lowest BCUT2D eigenvalue weighted by molar-refractivity contribution is 0.529. The number of benzene rings is 1. The summed E-state index contributed by atoms with van der Waals surface area (Å²) in [6.45, 7) is 2.30. The molecule has 0 bridgehead atoms. The summed E-state index contributed by atoms with van der Waals surface area (Å²) in [5, 5.41) is 0. The van der Waals surface area contributed by atoms with Crippen LogP contribution in [0, 0.1) is 6.42 Å². The molecule has 2 aliphatic carbocycles. The molecule has 1 unspecified atom stereocenters. The molecule has 0 aromatic heterocycles. The molecule has 0 amide bonds. The largest absolute Gasteiger partial charge is 0.0754 e. The Hall–Kier alpha value is -1.04. The fraction of sp³-hybridized carbons (Fsp3) is 0.667. The maximum atomic E-state index is 2.37. The third kappa shape index (κ3) is 6.51. The van der Waals surface area contributed by atoms with Gasteiger partial charge in [-0.1, -0.05) is 128 Å². The van der Waals surface area contributed by atoms with Gasteiger partial charge in [0, 0.05) is 12.3 Å². The molecule has 1 radical (unpaired) electrons. The molecule has 0 saturated heterocycles. The fourth-order valence-corrected chi connectivity index (χ4v) is 4.86. The summed E-state index contributed by atoms with van der Waals surface area (Å²) in [6, 6.07) is 4.67. The van der Waals surface area contributed by atoms with E-state index in [9.17, 15) is 0 Å². The lowest BCUT2D eigenvalue weighted by atomic mass is 10.0. The standard InChI is InChI=1S/C27H41/c1-2-3-4-5-6-7-8-9-10-11-12-13-14-15-16-19-25-26-22-21-23-18-17-20-24(23)27(25)26/h17-18,20-22,25H,2-16,19H2,1H3. The van der Waals surface area contributed by atoms with Gasteiger partial charge in [0.05, 0.1) is 0 Å². The van der Waals surface area contributed by atoms with E-state index in [0.717, 1.165) is 5.92 Å². The van der Waals surface area contributed by atoms with Crippen LogP contribution in [0.15, 0.2) is 18.2 Å². The van der Waals surface area contributed by atoms with Gasteiger partial charge in [-0.2, -0.15) is 0 Å². The van der Waals surface area contributed by atoms with E-state index in [-0.39, 0.29) is 0 Å². The van der Waals surface area contributed by atoms with Gasteiger partial charge in [0.15, 0.2) is 0 Å². The van der Waals surface area contributed by atoms with Crippen LogP contribution >= 0.6 is 0 Å². The maximum Gasteiger partial charge on any atom is 0.0131 e. The Morgan fingerprint density at radius 2 is 1.22 bits per heavy atom. The van der Waals surface area contributed by atoms with Crippen molar-refractivity contribution in [1.82, 2.24) is 0 Å². The van der Waals surface area contributed by atoms with Gasteiger partial charge in [0.25, 0.3) is 0 Å². The summed E-state index contributed by atoms with van der Waals surface area (Å²) in [4.78, 5) is 0. The van der Waals surface area contributed by atoms with Crippen LogP contribution in [0.3, 0.4) is 0 Å². The van der Waals surface area contributed by atoms with Crippen LogP contribution in [0.2, 0.25) is 0 Å². The number of hydrogen-bond acceptors (Lipinski definition) is 0. The third-order valence-corrected chi connectivity index (χ3v) is 6.63. The number of rotatable bonds is 16. The van der Waals surface area contributed by atoms with Gasteiger partial charge in [0.2, 0.25) is 0 Å². The van der Waals surface area contributed by atoms with Crippen molar-refractivity contribution in [1.29, 1.82) is 0 Å². The van der Waals surface area contributed by atoms with Gasteiger partial charge in [-0.05, 0) is 28.7 Å². The van der Waals surface area contributed by atoms with E-state index in [0.29, 0.717) is 0 Å². The topological polar surface area (TPSA) is 0 Å². The van der Waals surface area contributed by atoms with Crippen molar-refractivity contribution in [2.24, 2.45) is 0 Å². The monoisotopic (exact) mass is 365 g/mol. The van der Waals surface area contributed by atoms with Crippen LogP contribution in [0.4, 0.5) is 0 Å². The second-order valence-electron chi connectivity index (χ2n) is 8.89. The summed E-state index contributed by atoms with van der Waals surface area (Å²) in [5.74, 6) is 0.798. The molecule has 2 aliphatic rings. The van der Waals surface area contributed by atoms with E-state index < -0.39 is 0 Å². The van der Waals surface area contributed by atoms with Crippen LogP contribution in [-0.2, 0) is 0 Å². The SMILES string of the molecule is CCCCCCCCCCCCCCCCCC1c2ccc3c(c21)C=C[CH]3. The second-order valence-corrected chi connectivity index (χ2v) is 8.89. The molecule has 1 atom stereocenters. The predicted octanol–water partition coefficient (Wildman–Crippen LogP) is 8.97. The summed E-state index contributed by atoms with van der Waals surface area (Å²) < 4.78 is 0. The zero-order valence-electron chi connectivity index (χ0n) is 17.8. The highest BCUT2D eigenvalue weighted by molar-refractivity contribution is 5.76. The first-order chi connectivity index (χ1) is 13.4. The molecular formula is C27H41. The van der Waals surface area contributed by atoms with Gasteiger partial charge >= 0.3 is 0 Å². The van der Waals surface area contributed by atoms with Gasteiger partial charge in [-0.3, -0.25) is 0 Å². The number of hydrogen-bond donors (Lipinski definition) is 0. The van der Waals surface area contributed by atoms with Crippen molar-refractivity contribution in [2.75, 3.05) is 0 Å². The van der Waals surface area contributed by atoms with Gasteiger partial charge in [-0.15, -0.1) is 0 Å². The number of fused-ring (bicyclic) bond motifs is 3. The Morgan fingerprint density at radius 3 is 1.81 bits per heavy atom. The van der Waals surface area contributed by atoms with Crippen LogP contribution in [0.5, 0.6) is 0 Å². The first-order valence-corrected chi connectivity index (χ1v) is 12.1. The molecule has 0 heterocycles. The quantitative estimate of drug-likeness (QED) is 0.256. The normalized spacial score (nSPS) is 16.6. The number of unbranched alkanes of at least 4 members (excludes halogenated alkanes) is 14. The average Bonchev–Trinajstić information content (AvgIpc) is 3.17. The van der Waals surface area contributed by atoms with E-state index >= 15 is 0 Å². The van der Waals surface area contributed by atoms with Crippen molar-refractivity contribution >= 4 is 6.08 Å². The molecule has 1 aromatic carbocycles. The van der Waals surface area contributed by atoms with E-state index in [1.165, 1.54) is 114 Å². The zero-order valence-corrected chi connectivity index (χ0v) is 17.8. The van der Waals surface area contributed by atoms with Crippen molar-refractivity contribution in [3.63, 3.8) is 0 Å². The smallest absolute Gasteiger partial charge is 0.0131 e. The van der Waals surface area contributed by atoms with Crippen molar-refractivity contribution in [3.8, 4) is 0 Å². The molecule has 149 valence electrons. The Labute approximate surface area is 168 Å². The number of allylic oxidation sites excluding steroid dienone is 1. The lowest BCUT2D eigenvalue weighted by Gasteiger charge is -2.03. The molecule has 0 heteroatoms. The highest BCUT2D eigenvalue weighted by Gasteiger charge is 2.35. The highest BCUT2D eigenvalue weighted by Crippen LogP contribution is 2.51. The molecule has 3 rings (SSSR count). The minimum absolute atomic E-state index is 0.798. The molecule has 0 nitrogen and oxygen atoms in total. The van der Waals surface area contributed by atoms with Crippen molar-refractivity contribution in [3.05, 3.63) is 46.9 Å². The van der Waals surface area contributed by atoms with E-state index in [1.807, 2.05) is 0 Å². The summed E-state index contributed by atoms with van der Waals surface area (Å²) in [7, 11) is 0. The fourth-order valence-electron chi connectivity index (χ4n) is 4.86. The molecule has 0 aliphatic heterocycles. The maximum absolute atomic E-state index is 2.37. The second kappa shape index (κ2) is 11.7. The van der Waals surface area contributed by atoms with Gasteiger partial charge in [0.1, 0.15) is 0 Å². The average molecular weight is 366 g/mol. The molecule has 0 saturated carbocycles. The first-order valence-electron chi connectivity index (χ1n) is 12.1. The predicted molar refractivity (Wildman–Crippen MR) is 120 cm³/mol. The highest BCUT2D eigenvalue weighted by atomic mass is 14.4. The summed E-state index contributed by atoms with van der Waals surface area (Å²) in [5.41, 5.74) is 6.27. The van der Waals surface area contributed by atoms with Crippen molar-refractivity contribution in [2.45, 2.75) is 116 Å². The molecule has 0 spiro atoms. The Morgan fingerprint density at radius 1 is 0.667 bits per heavy atom. The van der Waals surface area contributed by atoms with E-state index in [4.69, 9.17) is 0 Å². The van der Waals surface area contributed by atoms with Crippen LogP contribution < -0.4 is 0 Å². The first kappa shape index (κ1) is 20.7. The Bertz CT molecular complexity index is 580. The van der Waals surface area contributed by atoms with Crippen LogP contribution in [0.25, 0.3) is 6.08 Å². The Balaban J connectivity index is 1.08. The van der Waals surface area contributed by atoms with E-state index in [2.05, 4.69) is 37.6 Å². The molecule has 0 N–H and O–H groups in total.